The summed E-state index contributed by atoms with van der Waals surface area (Å²) in [5, 5.41) is 21.1. The van der Waals surface area contributed by atoms with Gasteiger partial charge in [0.25, 0.3) is 0 Å². The van der Waals surface area contributed by atoms with Gasteiger partial charge in [-0.3, -0.25) is 0 Å². The van der Waals surface area contributed by atoms with Gasteiger partial charge in [0.05, 0.1) is 12.6 Å². The van der Waals surface area contributed by atoms with E-state index in [4.69, 9.17) is 0 Å². The molecule has 1 saturated carbocycles. The summed E-state index contributed by atoms with van der Waals surface area (Å²) in [6.07, 6.45) is 3.09. The predicted molar refractivity (Wildman–Crippen MR) is 85.9 cm³/mol. The first-order valence-electron chi connectivity index (χ1n) is 7.79. The van der Waals surface area contributed by atoms with E-state index in [2.05, 4.69) is 37.7 Å². The number of rotatable bonds is 5. The van der Waals surface area contributed by atoms with Crippen LogP contribution in [0.1, 0.15) is 18.4 Å². The van der Waals surface area contributed by atoms with Gasteiger partial charge in [-0.25, -0.2) is 14.6 Å². The van der Waals surface area contributed by atoms with Crippen molar-refractivity contribution in [2.45, 2.75) is 25.5 Å². The average Bonchev–Trinajstić information content (AvgIpc) is 2.95. The summed E-state index contributed by atoms with van der Waals surface area (Å²) in [6, 6.07) is 10.1. The molecule has 118 valence electrons. The Morgan fingerprint density at radius 1 is 1.17 bits per heavy atom. The molecule has 0 unspecified atom stereocenters. The van der Waals surface area contributed by atoms with Crippen LogP contribution in [0.15, 0.2) is 36.7 Å². The zero-order valence-electron chi connectivity index (χ0n) is 12.6. The number of benzene rings is 1. The van der Waals surface area contributed by atoms with Crippen LogP contribution >= 0.6 is 0 Å². The Kier molecular flexibility index (Phi) is 3.63. The molecule has 0 bridgehead atoms. The van der Waals surface area contributed by atoms with Gasteiger partial charge in [0, 0.05) is 6.54 Å². The maximum absolute atomic E-state index is 9.35. The number of nitrogens with zero attached hydrogens (tertiary/aromatic N) is 5. The summed E-state index contributed by atoms with van der Waals surface area (Å²) in [6.45, 7) is 1.41. The topological polar surface area (TPSA) is 88.8 Å². The second-order valence-corrected chi connectivity index (χ2v) is 6.00. The van der Waals surface area contributed by atoms with E-state index in [1.807, 2.05) is 18.2 Å². The Morgan fingerprint density at radius 2 is 2.00 bits per heavy atom. The van der Waals surface area contributed by atoms with Gasteiger partial charge in [-0.15, -0.1) is 5.10 Å². The van der Waals surface area contributed by atoms with E-state index in [0.717, 1.165) is 30.6 Å². The van der Waals surface area contributed by atoms with Crippen molar-refractivity contribution in [1.82, 2.24) is 25.0 Å². The molecular formula is C16H18N6O. The van der Waals surface area contributed by atoms with Gasteiger partial charge in [0.2, 0.25) is 0 Å². The number of nitrogens with one attached hydrogen (secondary N) is 1. The van der Waals surface area contributed by atoms with E-state index in [1.165, 1.54) is 6.33 Å². The molecule has 1 aromatic carbocycles. The molecule has 0 radical (unpaired) electrons. The minimum Gasteiger partial charge on any atom is -0.393 e. The number of aliphatic hydroxyl groups excluding tert-OH is 1. The van der Waals surface area contributed by atoms with E-state index in [9.17, 15) is 5.11 Å². The van der Waals surface area contributed by atoms with Crippen LogP contribution in [-0.4, -0.2) is 42.7 Å². The van der Waals surface area contributed by atoms with E-state index < -0.39 is 0 Å². The van der Waals surface area contributed by atoms with Crippen LogP contribution in [0.4, 0.5) is 5.82 Å². The second-order valence-electron chi connectivity index (χ2n) is 6.00. The van der Waals surface area contributed by atoms with Crippen LogP contribution in [0.3, 0.4) is 0 Å². The number of aromatic nitrogens is 5. The van der Waals surface area contributed by atoms with Crippen molar-refractivity contribution in [1.29, 1.82) is 0 Å². The average molecular weight is 310 g/mol. The largest absolute Gasteiger partial charge is 0.393 e. The molecule has 0 atom stereocenters. The fourth-order valence-electron chi connectivity index (χ4n) is 2.89. The summed E-state index contributed by atoms with van der Waals surface area (Å²) in [5.74, 6) is 1.20. The Bertz CT molecular complexity index is 797. The number of aliphatic hydroxyl groups is 1. The second kappa shape index (κ2) is 5.92. The molecule has 0 aliphatic heterocycles. The lowest BCUT2D eigenvalue weighted by atomic mass is 9.82. The number of anilines is 1. The zero-order chi connectivity index (χ0) is 15.6. The summed E-state index contributed by atoms with van der Waals surface area (Å²) in [4.78, 5) is 8.59. The normalized spacial score (nSPS) is 20.4. The first kappa shape index (κ1) is 14.1. The molecular weight excluding hydrogens is 292 g/mol. The highest BCUT2D eigenvalue weighted by Crippen LogP contribution is 2.27. The molecule has 0 saturated heterocycles. The van der Waals surface area contributed by atoms with E-state index >= 15 is 0 Å². The van der Waals surface area contributed by atoms with Gasteiger partial charge in [0.1, 0.15) is 6.33 Å². The highest BCUT2D eigenvalue weighted by molar-refractivity contribution is 5.81. The summed E-state index contributed by atoms with van der Waals surface area (Å²) in [5.41, 5.74) is 2.55. The molecule has 23 heavy (non-hydrogen) atoms. The minimum absolute atomic E-state index is 0.140. The van der Waals surface area contributed by atoms with Crippen LogP contribution in [0.2, 0.25) is 0 Å². The molecule has 0 spiro atoms. The first-order chi connectivity index (χ1) is 11.3. The third-order valence-electron chi connectivity index (χ3n) is 4.24. The number of hydrogen-bond acceptors (Lipinski definition) is 6. The van der Waals surface area contributed by atoms with Crippen molar-refractivity contribution < 1.29 is 5.11 Å². The predicted octanol–water partition coefficient (Wildman–Crippen LogP) is 1.45. The van der Waals surface area contributed by atoms with Crippen molar-refractivity contribution in [3.63, 3.8) is 0 Å². The molecule has 0 amide bonds. The maximum atomic E-state index is 9.35. The van der Waals surface area contributed by atoms with Crippen LogP contribution in [-0.2, 0) is 6.54 Å². The molecule has 2 N–H and O–H groups in total. The van der Waals surface area contributed by atoms with Gasteiger partial charge in [0.15, 0.2) is 17.0 Å². The molecule has 4 rings (SSSR count). The van der Waals surface area contributed by atoms with E-state index in [-0.39, 0.29) is 6.10 Å². The van der Waals surface area contributed by atoms with Gasteiger partial charge in [-0.2, -0.15) is 0 Å². The molecule has 3 aromatic rings. The van der Waals surface area contributed by atoms with E-state index in [1.54, 1.807) is 4.68 Å². The monoisotopic (exact) mass is 310 g/mol. The Hall–Kier alpha value is -2.54. The number of hydrogen-bond donors (Lipinski definition) is 2. The summed E-state index contributed by atoms with van der Waals surface area (Å²) in [7, 11) is 0. The Morgan fingerprint density at radius 3 is 2.78 bits per heavy atom. The van der Waals surface area contributed by atoms with Crippen LogP contribution in [0.25, 0.3) is 11.2 Å². The molecule has 7 nitrogen and oxygen atoms in total. The SMILES string of the molecule is OC1CC(CNc2ncnc3c2nnn3Cc2ccccc2)C1. The molecule has 2 aromatic heterocycles. The van der Waals surface area contributed by atoms with Gasteiger partial charge in [-0.1, -0.05) is 35.5 Å². The minimum atomic E-state index is -0.140. The van der Waals surface area contributed by atoms with E-state index in [0.29, 0.717) is 23.8 Å². The smallest absolute Gasteiger partial charge is 0.184 e. The molecule has 1 aliphatic carbocycles. The highest BCUT2D eigenvalue weighted by Gasteiger charge is 2.27. The first-order valence-corrected chi connectivity index (χ1v) is 7.79. The van der Waals surface area contributed by atoms with Gasteiger partial charge < -0.3 is 10.4 Å². The van der Waals surface area contributed by atoms with Gasteiger partial charge in [-0.05, 0) is 24.3 Å². The maximum Gasteiger partial charge on any atom is 0.184 e. The fraction of sp³-hybridized carbons (Fsp3) is 0.375. The van der Waals surface area contributed by atoms with Crippen molar-refractivity contribution in [2.24, 2.45) is 5.92 Å². The fourth-order valence-corrected chi connectivity index (χ4v) is 2.89. The van der Waals surface area contributed by atoms with Crippen molar-refractivity contribution in [3.8, 4) is 0 Å². The Balaban J connectivity index is 1.54. The zero-order valence-corrected chi connectivity index (χ0v) is 12.6. The third-order valence-corrected chi connectivity index (χ3v) is 4.24. The van der Waals surface area contributed by atoms with Crippen LogP contribution in [0.5, 0.6) is 0 Å². The molecule has 1 fully saturated rings. The Labute approximate surface area is 133 Å². The summed E-state index contributed by atoms with van der Waals surface area (Å²) >= 11 is 0. The number of fused-ring (bicyclic) bond motifs is 1. The van der Waals surface area contributed by atoms with Crippen LogP contribution in [0, 0.1) is 5.92 Å². The quantitative estimate of drug-likeness (QED) is 0.741. The molecule has 2 heterocycles. The standard InChI is InChI=1S/C16H18N6O/c23-13-6-12(7-13)8-17-15-14-16(19-10-18-15)22(21-20-14)9-11-4-2-1-3-5-11/h1-5,10,12-13,23H,6-9H2,(H,17,18,19). The lowest BCUT2D eigenvalue weighted by Crippen LogP contribution is -2.33. The molecule has 7 heteroatoms. The molecule has 1 aliphatic rings. The van der Waals surface area contributed by atoms with Crippen molar-refractivity contribution in [2.75, 3.05) is 11.9 Å². The highest BCUT2D eigenvalue weighted by atomic mass is 16.3. The van der Waals surface area contributed by atoms with Crippen molar-refractivity contribution in [3.05, 3.63) is 42.2 Å². The van der Waals surface area contributed by atoms with Crippen LogP contribution < -0.4 is 5.32 Å². The lowest BCUT2D eigenvalue weighted by Gasteiger charge is -2.31. The summed E-state index contributed by atoms with van der Waals surface area (Å²) < 4.78 is 1.78. The lowest BCUT2D eigenvalue weighted by molar-refractivity contribution is 0.0486. The van der Waals surface area contributed by atoms with Gasteiger partial charge >= 0.3 is 0 Å². The van der Waals surface area contributed by atoms with Crippen molar-refractivity contribution >= 4 is 17.0 Å². The third kappa shape index (κ3) is 2.87.